The van der Waals surface area contributed by atoms with Gasteiger partial charge in [0, 0.05) is 98.0 Å². The Morgan fingerprint density at radius 1 is 0.670 bits per heavy atom. The summed E-state index contributed by atoms with van der Waals surface area (Å²) < 4.78 is 67.1. The maximum atomic E-state index is 12.1. The third kappa shape index (κ3) is 26.2. The molecule has 94 heavy (non-hydrogen) atoms. The van der Waals surface area contributed by atoms with Crippen molar-refractivity contribution in [1.82, 2.24) is 20.0 Å². The van der Waals surface area contributed by atoms with Gasteiger partial charge in [0.25, 0.3) is 11.4 Å². The summed E-state index contributed by atoms with van der Waals surface area (Å²) in [5.74, 6) is -1.39. The van der Waals surface area contributed by atoms with Crippen molar-refractivity contribution in [2.24, 2.45) is 20.5 Å². The first-order chi connectivity index (χ1) is 42.3. The Kier molecular flexibility index (Phi) is 35.4. The number of aromatic nitrogens is 4. The van der Waals surface area contributed by atoms with Crippen molar-refractivity contribution in [3.05, 3.63) is 127 Å². The molecule has 0 aliphatic rings. The molecule has 3 N–H and O–H groups in total. The van der Waals surface area contributed by atoms with Crippen LogP contribution in [0.4, 0.5) is 57.1 Å². The topological polar surface area (TPSA) is 409 Å². The van der Waals surface area contributed by atoms with Crippen molar-refractivity contribution >= 4 is 158 Å². The standard InChI is InChI=1S/C28H32Cl2N8O6S.C22H31N7O4S.C6H2Cl2INO2.CH4.2Na/c1-6-36(11-7-8-12-45(42,43)44)18-9-10-23(24(15-18)32-17(2)39)33-34-27-20(16-31)26(28(3,4)5)35-37(27)25-21(29)13-19(38(40)41)14-22(25)30;1-6-29(11-7-8-12-34(31,32)33)16-9-10-18(19(13-16)24-15(2)30)25-27-21-17(14-23)20(26-28-21)22(3,4)5;7-4-1-3(10(11)12)2-5(8)6(4)9;;;/h9-10,13-15H,6-8,11-12H2,1-5H3,(H,32,39)(H,42,43,44);9-10,13H,6-8,11-12H2,1-5H3,(H,24,30)(H,26,28)(H,31,32,33);1-2H;1H4;;/q;;;;2*+1/p-2. The number of anilines is 4. The average molecular weight is 1550 g/mol. The Morgan fingerprint density at radius 2 is 1.07 bits per heavy atom. The normalized spacial score (nSPS) is 11.3. The van der Waals surface area contributed by atoms with E-state index in [4.69, 9.17) is 46.4 Å². The van der Waals surface area contributed by atoms with Gasteiger partial charge in [0.1, 0.15) is 40.3 Å². The number of nitriles is 2. The Bertz CT molecular complexity index is 4030. The van der Waals surface area contributed by atoms with Crippen molar-refractivity contribution in [2.45, 2.75) is 113 Å². The number of rotatable bonds is 23. The van der Waals surface area contributed by atoms with E-state index in [-0.39, 0.29) is 147 Å². The molecule has 6 rings (SSSR count). The number of halogens is 5. The van der Waals surface area contributed by atoms with E-state index in [0.29, 0.717) is 92.3 Å². The number of H-pyrrole nitrogens is 1. The fraction of sp³-hybridized carbons (Fsp3) is 0.404. The zero-order valence-corrected chi connectivity index (χ0v) is 63.6. The first-order valence-corrected chi connectivity index (χ1v) is 33.1. The number of hydrogen-bond donors (Lipinski definition) is 3. The number of non-ortho nitro benzene ring substituents is 2. The predicted octanol–water partition coefficient (Wildman–Crippen LogP) is 9.04. The number of nitro benzene ring substituents is 2. The van der Waals surface area contributed by atoms with Gasteiger partial charge in [0.15, 0.2) is 5.82 Å². The van der Waals surface area contributed by atoms with Crippen molar-refractivity contribution < 1.29 is 104 Å². The summed E-state index contributed by atoms with van der Waals surface area (Å²) in [6.45, 7) is 20.1. The Morgan fingerprint density at radius 3 is 1.43 bits per heavy atom. The first-order valence-electron chi connectivity index (χ1n) is 27.3. The smallest absolute Gasteiger partial charge is 0.748 e. The van der Waals surface area contributed by atoms with Crippen LogP contribution in [-0.4, -0.2) is 105 Å². The van der Waals surface area contributed by atoms with Crippen LogP contribution in [0.5, 0.6) is 0 Å². The molecule has 0 saturated heterocycles. The number of nitrogens with one attached hydrogen (secondary N) is 3. The molecule has 2 amide bonds. The quantitative estimate of drug-likeness (QED) is 0.00786. The van der Waals surface area contributed by atoms with Crippen molar-refractivity contribution in [3.8, 4) is 17.8 Å². The van der Waals surface area contributed by atoms with Gasteiger partial charge < -0.3 is 29.5 Å². The maximum Gasteiger partial charge on any atom is 1.00 e. The molecule has 0 bridgehead atoms. The van der Waals surface area contributed by atoms with E-state index < -0.39 is 47.0 Å². The van der Waals surface area contributed by atoms with Gasteiger partial charge >= 0.3 is 59.1 Å². The van der Waals surface area contributed by atoms with Crippen LogP contribution in [-0.2, 0) is 40.7 Å². The van der Waals surface area contributed by atoms with E-state index in [0.717, 1.165) is 17.8 Å². The number of unbranched alkanes of at least 4 members (excludes halogenated alkanes) is 2. The molecule has 4 aromatic carbocycles. The van der Waals surface area contributed by atoms with E-state index in [1.165, 1.54) is 30.7 Å². The molecule has 2 aromatic heterocycles. The number of nitrogens with zero attached hydrogens (tertiary/aromatic N) is 13. The molecule has 0 radical (unpaired) electrons. The molecular weight excluding hydrogens is 1480 g/mol. The summed E-state index contributed by atoms with van der Waals surface area (Å²) in [5.41, 5.74) is 2.92. The molecule has 0 spiro atoms. The van der Waals surface area contributed by atoms with Gasteiger partial charge in [-0.3, -0.25) is 34.9 Å². The summed E-state index contributed by atoms with van der Waals surface area (Å²) in [4.78, 5) is 48.3. The molecule has 0 fully saturated rings. The number of azo groups is 2. The first kappa shape index (κ1) is 86.5. The predicted molar refractivity (Wildman–Crippen MR) is 361 cm³/mol. The molecule has 0 aliphatic carbocycles. The van der Waals surface area contributed by atoms with Crippen molar-refractivity contribution in [1.29, 1.82) is 10.5 Å². The van der Waals surface area contributed by atoms with Crippen LogP contribution in [0.3, 0.4) is 0 Å². The van der Waals surface area contributed by atoms with Gasteiger partial charge in [-0.15, -0.1) is 20.5 Å². The Balaban J connectivity index is 0.000000794. The summed E-state index contributed by atoms with van der Waals surface area (Å²) in [5, 5.41) is 75.8. The van der Waals surface area contributed by atoms with E-state index in [1.807, 2.05) is 93.8 Å². The largest absolute Gasteiger partial charge is 1.00 e. The van der Waals surface area contributed by atoms with Crippen LogP contribution in [0.25, 0.3) is 5.69 Å². The minimum atomic E-state index is -4.30. The van der Waals surface area contributed by atoms with Gasteiger partial charge in [0.2, 0.25) is 17.6 Å². The van der Waals surface area contributed by atoms with Crippen molar-refractivity contribution in [3.63, 3.8) is 0 Å². The Labute approximate surface area is 623 Å². The van der Waals surface area contributed by atoms with E-state index in [9.17, 15) is 66.3 Å². The van der Waals surface area contributed by atoms with E-state index >= 15 is 0 Å². The fourth-order valence-electron chi connectivity index (χ4n) is 8.35. The summed E-state index contributed by atoms with van der Waals surface area (Å²) >= 11 is 26.1. The second-order valence-corrected chi connectivity index (χ2v) is 27.5. The number of nitro groups is 2. The van der Waals surface area contributed by atoms with Crippen LogP contribution in [0.1, 0.15) is 125 Å². The number of carbonyl (C=O) groups is 2. The zero-order valence-electron chi connectivity index (χ0n) is 52.8. The van der Waals surface area contributed by atoms with Crippen LogP contribution in [0, 0.1) is 46.5 Å². The minimum absolute atomic E-state index is 0. The van der Waals surface area contributed by atoms with Crippen LogP contribution in [0.15, 0.2) is 81.1 Å². The molecule has 2 heterocycles. The molecule has 0 saturated carbocycles. The second kappa shape index (κ2) is 38.5. The summed E-state index contributed by atoms with van der Waals surface area (Å²) in [6.07, 6.45) is 1.46. The Hall–Kier alpha value is -5.47. The van der Waals surface area contributed by atoms with Gasteiger partial charge in [-0.2, -0.15) is 20.7 Å². The maximum absolute atomic E-state index is 12.1. The fourth-order valence-corrected chi connectivity index (χ4v) is 10.9. The molecule has 28 nitrogen and oxygen atoms in total. The minimum Gasteiger partial charge on any atom is -0.748 e. The number of aromatic amines is 1. The number of amides is 2. The SMILES string of the molecule is C.CCN(CCCCS(=O)(=O)[O-])c1ccc(N=Nc2c(C#N)c(C(C)(C)C)nn2-c2c(Cl)cc([N+](=O)[O-])cc2Cl)c(NC(C)=O)c1.CCN(CCCCS(=O)(=O)[O-])c1ccc(N=Nc2n[nH]c(C(C)(C)C)c2C#N)c(NC(C)=O)c1.O=[N+]([O-])c1cc(Cl)c(I)c(Cl)c1.[Na+].[Na+]. The summed E-state index contributed by atoms with van der Waals surface area (Å²) in [7, 11) is -8.53. The molecule has 496 valence electrons. The van der Waals surface area contributed by atoms with E-state index in [1.54, 1.807) is 30.3 Å². The van der Waals surface area contributed by atoms with Crippen LogP contribution >= 0.6 is 69.0 Å². The molecular formula is C57H67Cl4IN16Na2O12S2. The molecule has 6 aromatic rings. The number of carbonyl (C=O) groups excluding carboxylic acids is 2. The zero-order chi connectivity index (χ0) is 68.5. The van der Waals surface area contributed by atoms with Gasteiger partial charge in [-0.05, 0) is 98.5 Å². The second-order valence-electron chi connectivity index (χ2n) is 21.7. The van der Waals surface area contributed by atoms with Gasteiger partial charge in [0.05, 0.1) is 76.5 Å². The molecule has 0 unspecified atom stereocenters. The monoisotopic (exact) mass is 1540 g/mol. The number of hydrogen-bond acceptors (Lipinski definition) is 22. The summed E-state index contributed by atoms with van der Waals surface area (Å²) in [6, 6.07) is 19.3. The van der Waals surface area contributed by atoms with Crippen molar-refractivity contribution in [2.75, 3.05) is 58.1 Å². The molecule has 0 atom stereocenters. The molecule has 37 heteroatoms. The van der Waals surface area contributed by atoms with Gasteiger partial charge in [-0.1, -0.05) is 95.4 Å². The van der Waals surface area contributed by atoms with Crippen LogP contribution < -0.4 is 79.5 Å². The van der Waals surface area contributed by atoms with Crippen LogP contribution in [0.2, 0.25) is 20.1 Å². The third-order valence-corrected chi connectivity index (χ3v) is 17.2. The number of benzene rings is 4. The molecule has 0 aliphatic heterocycles. The average Bonchev–Trinajstić information content (AvgIpc) is 1.60. The van der Waals surface area contributed by atoms with E-state index in [2.05, 4.69) is 58.5 Å². The third-order valence-electron chi connectivity index (χ3n) is 12.6. The van der Waals surface area contributed by atoms with Gasteiger partial charge in [-0.25, -0.2) is 21.5 Å².